The fraction of sp³-hybridized carbons (Fsp3) is 0.381. The Kier molecular flexibility index (Phi) is 6.52. The second-order valence-electron chi connectivity index (χ2n) is 7.12. The van der Waals surface area contributed by atoms with Gasteiger partial charge in [-0.1, -0.05) is 25.1 Å². The largest absolute Gasteiger partial charge is 0.426 e. The minimum atomic E-state index is -4.63. The predicted molar refractivity (Wildman–Crippen MR) is 104 cm³/mol. The number of benzene rings is 2. The van der Waals surface area contributed by atoms with E-state index in [1.807, 2.05) is 19.1 Å². The summed E-state index contributed by atoms with van der Waals surface area (Å²) in [6.45, 7) is 2.09. The first-order valence-electron chi connectivity index (χ1n) is 9.59. The molecule has 30 heavy (non-hydrogen) atoms. The third-order valence-electron chi connectivity index (χ3n) is 5.14. The number of esters is 1. The molecule has 0 saturated carbocycles. The van der Waals surface area contributed by atoms with Crippen molar-refractivity contribution in [2.45, 2.75) is 37.3 Å². The molecule has 5 nitrogen and oxygen atoms in total. The van der Waals surface area contributed by atoms with Gasteiger partial charge in [0.05, 0.1) is 16.4 Å². The van der Waals surface area contributed by atoms with Crippen LogP contribution in [0.15, 0.2) is 53.4 Å². The number of ether oxygens (including phenoxy) is 1. The molecular weight excluding hydrogens is 419 g/mol. The fourth-order valence-electron chi connectivity index (χ4n) is 3.31. The molecular formula is C21H22F3NO4S. The molecule has 1 fully saturated rings. The molecule has 0 aliphatic carbocycles. The zero-order valence-electron chi connectivity index (χ0n) is 16.4. The topological polar surface area (TPSA) is 63.7 Å². The van der Waals surface area contributed by atoms with Crippen LogP contribution in [0.3, 0.4) is 0 Å². The van der Waals surface area contributed by atoms with E-state index in [-0.39, 0.29) is 25.9 Å². The Hall–Kier alpha value is -2.39. The maximum atomic E-state index is 12.9. The van der Waals surface area contributed by atoms with Gasteiger partial charge in [0.1, 0.15) is 5.75 Å². The van der Waals surface area contributed by atoms with Gasteiger partial charge in [0.2, 0.25) is 10.0 Å². The summed E-state index contributed by atoms with van der Waals surface area (Å²) in [7, 11) is -4.08. The Morgan fingerprint density at radius 2 is 1.73 bits per heavy atom. The standard InChI is InChI=1S/C21H22F3NO4S/c1-2-15-6-8-18(9-7-15)29-20(26)16-10-12-25(13-11-16)30(27,28)19-5-3-4-17(14-19)21(22,23)24/h3-9,14,16H,2,10-13H2,1H3. The average molecular weight is 441 g/mol. The lowest BCUT2D eigenvalue weighted by Crippen LogP contribution is -2.41. The number of halogens is 3. The van der Waals surface area contributed by atoms with Crippen LogP contribution in [0.4, 0.5) is 13.2 Å². The maximum Gasteiger partial charge on any atom is 0.416 e. The van der Waals surface area contributed by atoms with Crippen molar-refractivity contribution in [3.8, 4) is 5.75 Å². The van der Waals surface area contributed by atoms with Crippen LogP contribution in [0.2, 0.25) is 0 Å². The molecule has 1 heterocycles. The van der Waals surface area contributed by atoms with Crippen molar-refractivity contribution in [2.75, 3.05) is 13.1 Å². The predicted octanol–water partition coefficient (Wildman–Crippen LogP) is 4.27. The number of carbonyl (C=O) groups is 1. The van der Waals surface area contributed by atoms with Crippen LogP contribution in [-0.2, 0) is 27.4 Å². The van der Waals surface area contributed by atoms with E-state index in [0.29, 0.717) is 11.8 Å². The summed E-state index contributed by atoms with van der Waals surface area (Å²) in [5, 5.41) is 0. The molecule has 162 valence electrons. The van der Waals surface area contributed by atoms with E-state index in [1.54, 1.807) is 12.1 Å². The van der Waals surface area contributed by atoms with Crippen molar-refractivity contribution < 1.29 is 31.1 Å². The molecule has 0 amide bonds. The first-order chi connectivity index (χ1) is 14.1. The summed E-state index contributed by atoms with van der Waals surface area (Å²) in [4.78, 5) is 12.0. The van der Waals surface area contributed by atoms with Gasteiger partial charge in [-0.2, -0.15) is 17.5 Å². The summed E-state index contributed by atoms with van der Waals surface area (Å²) in [6, 6.07) is 10.8. The molecule has 0 radical (unpaired) electrons. The molecule has 3 rings (SSSR count). The van der Waals surface area contributed by atoms with Crippen LogP contribution in [0.5, 0.6) is 5.75 Å². The molecule has 1 aliphatic heterocycles. The van der Waals surface area contributed by atoms with Gasteiger partial charge in [-0.15, -0.1) is 0 Å². The highest BCUT2D eigenvalue weighted by atomic mass is 32.2. The number of alkyl halides is 3. The average Bonchev–Trinajstić information content (AvgIpc) is 2.74. The van der Waals surface area contributed by atoms with Crippen LogP contribution in [0.1, 0.15) is 30.9 Å². The molecule has 1 saturated heterocycles. The van der Waals surface area contributed by atoms with Gasteiger partial charge in [-0.05, 0) is 55.2 Å². The summed E-state index contributed by atoms with van der Waals surface area (Å²) < 4.78 is 70.7. The highest BCUT2D eigenvalue weighted by molar-refractivity contribution is 7.89. The summed E-state index contributed by atoms with van der Waals surface area (Å²) in [5.41, 5.74) is 0.0963. The van der Waals surface area contributed by atoms with Crippen molar-refractivity contribution in [3.05, 3.63) is 59.7 Å². The zero-order chi connectivity index (χ0) is 21.9. The highest BCUT2D eigenvalue weighted by Crippen LogP contribution is 2.32. The van der Waals surface area contributed by atoms with Crippen LogP contribution < -0.4 is 4.74 Å². The first-order valence-corrected chi connectivity index (χ1v) is 11.0. The van der Waals surface area contributed by atoms with Crippen molar-refractivity contribution in [2.24, 2.45) is 5.92 Å². The quantitative estimate of drug-likeness (QED) is 0.513. The van der Waals surface area contributed by atoms with Crippen molar-refractivity contribution in [1.29, 1.82) is 0 Å². The lowest BCUT2D eigenvalue weighted by atomic mass is 9.98. The molecule has 0 unspecified atom stereocenters. The second kappa shape index (κ2) is 8.77. The van der Waals surface area contributed by atoms with E-state index in [9.17, 15) is 26.4 Å². The second-order valence-corrected chi connectivity index (χ2v) is 9.06. The highest BCUT2D eigenvalue weighted by Gasteiger charge is 2.35. The lowest BCUT2D eigenvalue weighted by Gasteiger charge is -2.30. The summed E-state index contributed by atoms with van der Waals surface area (Å²) in [5.74, 6) is -0.476. The number of aryl methyl sites for hydroxylation is 1. The molecule has 0 bridgehead atoms. The number of rotatable bonds is 5. The van der Waals surface area contributed by atoms with E-state index in [0.717, 1.165) is 34.5 Å². The van der Waals surface area contributed by atoms with E-state index in [2.05, 4.69) is 0 Å². The molecule has 0 spiro atoms. The normalized spacial score (nSPS) is 16.4. The van der Waals surface area contributed by atoms with Crippen LogP contribution in [-0.4, -0.2) is 31.8 Å². The van der Waals surface area contributed by atoms with E-state index in [4.69, 9.17) is 4.74 Å². The van der Waals surface area contributed by atoms with E-state index >= 15 is 0 Å². The summed E-state index contributed by atoms with van der Waals surface area (Å²) >= 11 is 0. The fourth-order valence-corrected chi connectivity index (χ4v) is 4.82. The van der Waals surface area contributed by atoms with Crippen molar-refractivity contribution >= 4 is 16.0 Å². The zero-order valence-corrected chi connectivity index (χ0v) is 17.2. The number of hydrogen-bond acceptors (Lipinski definition) is 4. The van der Waals surface area contributed by atoms with Gasteiger partial charge >= 0.3 is 12.1 Å². The smallest absolute Gasteiger partial charge is 0.416 e. The number of carbonyl (C=O) groups excluding carboxylic acids is 1. The van der Waals surface area contributed by atoms with Crippen molar-refractivity contribution in [1.82, 2.24) is 4.31 Å². The Morgan fingerprint density at radius 1 is 1.10 bits per heavy atom. The van der Waals surface area contributed by atoms with Gasteiger partial charge in [-0.3, -0.25) is 4.79 Å². The molecule has 2 aromatic rings. The van der Waals surface area contributed by atoms with Gasteiger partial charge in [0.15, 0.2) is 0 Å². The summed E-state index contributed by atoms with van der Waals surface area (Å²) in [6.07, 6.45) is -3.28. The molecule has 9 heteroatoms. The Balaban J connectivity index is 1.63. The van der Waals surface area contributed by atoms with Crippen LogP contribution in [0.25, 0.3) is 0 Å². The van der Waals surface area contributed by atoms with Gasteiger partial charge in [0.25, 0.3) is 0 Å². The third kappa shape index (κ3) is 5.02. The van der Waals surface area contributed by atoms with Gasteiger partial charge < -0.3 is 4.74 Å². The molecule has 1 aliphatic rings. The molecule has 0 N–H and O–H groups in total. The minimum absolute atomic E-state index is 0.0348. The van der Waals surface area contributed by atoms with Crippen LogP contribution >= 0.6 is 0 Å². The maximum absolute atomic E-state index is 12.9. The number of hydrogen-bond donors (Lipinski definition) is 0. The van der Waals surface area contributed by atoms with E-state index in [1.165, 1.54) is 0 Å². The SMILES string of the molecule is CCc1ccc(OC(=O)C2CCN(S(=O)(=O)c3cccc(C(F)(F)F)c3)CC2)cc1. The number of piperidine rings is 1. The molecule has 2 aromatic carbocycles. The van der Waals surface area contributed by atoms with Gasteiger partial charge in [-0.25, -0.2) is 8.42 Å². The van der Waals surface area contributed by atoms with Crippen LogP contribution in [0, 0.1) is 5.92 Å². The third-order valence-corrected chi connectivity index (χ3v) is 7.03. The van der Waals surface area contributed by atoms with Gasteiger partial charge in [0, 0.05) is 13.1 Å². The lowest BCUT2D eigenvalue weighted by molar-refractivity contribution is -0.140. The Labute approximate surface area is 173 Å². The molecule has 0 aromatic heterocycles. The Bertz CT molecular complexity index is 996. The minimum Gasteiger partial charge on any atom is -0.426 e. The monoisotopic (exact) mass is 441 g/mol. The molecule has 0 atom stereocenters. The first kappa shape index (κ1) is 22.3. The van der Waals surface area contributed by atoms with E-state index < -0.39 is 38.5 Å². The van der Waals surface area contributed by atoms with Crippen molar-refractivity contribution in [3.63, 3.8) is 0 Å². The number of nitrogens with zero attached hydrogens (tertiary/aromatic N) is 1. The Morgan fingerprint density at radius 3 is 2.30 bits per heavy atom. The number of sulfonamides is 1.